The molecule has 0 aliphatic heterocycles. The van der Waals surface area contributed by atoms with E-state index in [-0.39, 0.29) is 0 Å². The van der Waals surface area contributed by atoms with Crippen LogP contribution < -0.4 is 0 Å². The minimum Gasteiger partial charge on any atom is -0.260 e. The Balaban J connectivity index is 2.12. The van der Waals surface area contributed by atoms with Crippen molar-refractivity contribution in [2.24, 2.45) is 0 Å². The highest BCUT2D eigenvalue weighted by atomic mass is 32.2. The second-order valence-electron chi connectivity index (χ2n) is 2.84. The van der Waals surface area contributed by atoms with Crippen molar-refractivity contribution in [2.45, 2.75) is 10.9 Å². The molecule has 0 spiro atoms. The molecule has 5 heteroatoms. The van der Waals surface area contributed by atoms with Gasteiger partial charge in [-0.25, -0.2) is 9.97 Å². The van der Waals surface area contributed by atoms with Gasteiger partial charge < -0.3 is 0 Å². The van der Waals surface area contributed by atoms with Crippen LogP contribution >= 0.6 is 0 Å². The molecule has 1 atom stereocenters. The first kappa shape index (κ1) is 9.92. The second kappa shape index (κ2) is 4.75. The molecule has 0 radical (unpaired) electrons. The van der Waals surface area contributed by atoms with Crippen molar-refractivity contribution >= 4 is 10.8 Å². The quantitative estimate of drug-likeness (QED) is 0.727. The molecule has 0 bridgehead atoms. The number of hydrogen-bond donors (Lipinski definition) is 0. The lowest BCUT2D eigenvalue weighted by Gasteiger charge is -1.99. The molecule has 2 aromatic heterocycles. The van der Waals surface area contributed by atoms with Crippen molar-refractivity contribution in [3.8, 4) is 0 Å². The van der Waals surface area contributed by atoms with Crippen molar-refractivity contribution in [2.75, 3.05) is 0 Å². The topological polar surface area (TPSA) is 55.7 Å². The normalized spacial score (nSPS) is 12.3. The summed E-state index contributed by atoms with van der Waals surface area (Å²) < 4.78 is 11.8. The molecule has 0 aliphatic rings. The molecule has 2 heterocycles. The summed E-state index contributed by atoms with van der Waals surface area (Å²) in [6.07, 6.45) is 4.84. The van der Waals surface area contributed by atoms with Gasteiger partial charge in [-0.1, -0.05) is 6.07 Å². The van der Waals surface area contributed by atoms with E-state index < -0.39 is 10.8 Å². The summed E-state index contributed by atoms with van der Waals surface area (Å²) >= 11 is 0. The van der Waals surface area contributed by atoms with Gasteiger partial charge >= 0.3 is 0 Å². The van der Waals surface area contributed by atoms with Gasteiger partial charge in [-0.3, -0.25) is 9.19 Å². The summed E-state index contributed by atoms with van der Waals surface area (Å²) in [5, 5.41) is 0.350. The van der Waals surface area contributed by atoms with Crippen LogP contribution in [-0.2, 0) is 16.6 Å². The largest absolute Gasteiger partial charge is 0.260 e. The predicted molar refractivity (Wildman–Crippen MR) is 56.4 cm³/mol. The molecule has 15 heavy (non-hydrogen) atoms. The summed E-state index contributed by atoms with van der Waals surface area (Å²) in [5.41, 5.74) is 0.781. The first-order chi connectivity index (χ1) is 7.36. The third kappa shape index (κ3) is 2.66. The van der Waals surface area contributed by atoms with Crippen LogP contribution in [0.2, 0.25) is 0 Å². The zero-order valence-corrected chi connectivity index (χ0v) is 8.72. The molecule has 4 nitrogen and oxygen atoms in total. The Labute approximate surface area is 89.9 Å². The van der Waals surface area contributed by atoms with Gasteiger partial charge in [0.2, 0.25) is 5.16 Å². The van der Waals surface area contributed by atoms with Gasteiger partial charge in [0, 0.05) is 18.6 Å². The zero-order chi connectivity index (χ0) is 10.5. The highest BCUT2D eigenvalue weighted by Gasteiger charge is 2.07. The molecule has 0 aromatic carbocycles. The van der Waals surface area contributed by atoms with Gasteiger partial charge in [-0.15, -0.1) is 0 Å². The molecule has 1 unspecified atom stereocenters. The predicted octanol–water partition coefficient (Wildman–Crippen LogP) is 1.18. The maximum Gasteiger partial charge on any atom is 0.218 e. The number of hydrogen-bond acceptors (Lipinski definition) is 4. The first-order valence-corrected chi connectivity index (χ1v) is 5.73. The van der Waals surface area contributed by atoms with Crippen LogP contribution in [0.4, 0.5) is 0 Å². The molecule has 0 saturated carbocycles. The molecule has 0 aliphatic carbocycles. The molecule has 0 N–H and O–H groups in total. The van der Waals surface area contributed by atoms with E-state index in [2.05, 4.69) is 15.0 Å². The molecule has 2 aromatic rings. The van der Waals surface area contributed by atoms with E-state index in [9.17, 15) is 4.21 Å². The first-order valence-electron chi connectivity index (χ1n) is 4.41. The van der Waals surface area contributed by atoms with E-state index in [1.807, 2.05) is 18.2 Å². The van der Waals surface area contributed by atoms with E-state index in [1.165, 1.54) is 0 Å². The standard InChI is InChI=1S/C10H9N3OS/c14-15(10-12-6-3-7-13-10)8-9-4-1-2-5-11-9/h1-7H,8H2. The summed E-state index contributed by atoms with van der Waals surface area (Å²) in [7, 11) is -1.22. The lowest BCUT2D eigenvalue weighted by molar-refractivity contribution is 0.674. The molecule has 0 fully saturated rings. The SMILES string of the molecule is O=S(Cc1ccccn1)c1ncccn1. The molecule has 2 rings (SSSR count). The van der Waals surface area contributed by atoms with Crippen LogP contribution in [0, 0.1) is 0 Å². The van der Waals surface area contributed by atoms with Gasteiger partial charge in [0.15, 0.2) is 0 Å². The van der Waals surface area contributed by atoms with Crippen LogP contribution in [-0.4, -0.2) is 19.2 Å². The van der Waals surface area contributed by atoms with Crippen molar-refractivity contribution in [3.05, 3.63) is 48.5 Å². The third-order valence-electron chi connectivity index (χ3n) is 1.75. The minimum absolute atomic E-state index is 0.350. The van der Waals surface area contributed by atoms with Gasteiger partial charge in [0.25, 0.3) is 0 Å². The second-order valence-corrected chi connectivity index (χ2v) is 4.19. The Morgan fingerprint density at radius 1 is 1.00 bits per heavy atom. The maximum atomic E-state index is 11.8. The van der Waals surface area contributed by atoms with Crippen LogP contribution in [0.25, 0.3) is 0 Å². The fourth-order valence-corrected chi connectivity index (χ4v) is 2.01. The highest BCUT2D eigenvalue weighted by molar-refractivity contribution is 7.84. The summed E-state index contributed by atoms with van der Waals surface area (Å²) in [5.74, 6) is 0.352. The van der Waals surface area contributed by atoms with Crippen LogP contribution in [0.3, 0.4) is 0 Å². The number of aromatic nitrogens is 3. The molecular weight excluding hydrogens is 210 g/mol. The summed E-state index contributed by atoms with van der Waals surface area (Å²) in [4.78, 5) is 12.0. The molecular formula is C10H9N3OS. The number of pyridine rings is 1. The van der Waals surface area contributed by atoms with Crippen molar-refractivity contribution in [1.82, 2.24) is 15.0 Å². The Morgan fingerprint density at radius 2 is 1.73 bits per heavy atom. The van der Waals surface area contributed by atoms with E-state index in [1.54, 1.807) is 24.7 Å². The van der Waals surface area contributed by atoms with Crippen LogP contribution in [0.15, 0.2) is 48.0 Å². The van der Waals surface area contributed by atoms with E-state index >= 15 is 0 Å². The van der Waals surface area contributed by atoms with Crippen molar-refractivity contribution in [3.63, 3.8) is 0 Å². The number of rotatable bonds is 3. The van der Waals surface area contributed by atoms with Gasteiger partial charge in [0.1, 0.15) is 0 Å². The summed E-state index contributed by atoms with van der Waals surface area (Å²) in [6.45, 7) is 0. The lowest BCUT2D eigenvalue weighted by atomic mass is 10.4. The minimum atomic E-state index is -1.22. The summed E-state index contributed by atoms with van der Waals surface area (Å²) in [6, 6.07) is 7.22. The smallest absolute Gasteiger partial charge is 0.218 e. The van der Waals surface area contributed by atoms with Crippen LogP contribution in [0.1, 0.15) is 5.69 Å². The Morgan fingerprint density at radius 3 is 2.40 bits per heavy atom. The van der Waals surface area contributed by atoms with Crippen LogP contribution in [0.5, 0.6) is 0 Å². The van der Waals surface area contributed by atoms with Crippen molar-refractivity contribution < 1.29 is 4.21 Å². The lowest BCUT2D eigenvalue weighted by Crippen LogP contribution is -2.02. The molecule has 0 saturated heterocycles. The number of nitrogens with zero attached hydrogens (tertiary/aromatic N) is 3. The fourth-order valence-electron chi connectivity index (χ4n) is 1.09. The molecule has 0 amide bonds. The highest BCUT2D eigenvalue weighted by Crippen LogP contribution is 2.04. The molecule has 76 valence electrons. The maximum absolute atomic E-state index is 11.8. The van der Waals surface area contributed by atoms with E-state index in [4.69, 9.17) is 0 Å². The van der Waals surface area contributed by atoms with Gasteiger partial charge in [-0.05, 0) is 18.2 Å². The average molecular weight is 219 g/mol. The zero-order valence-electron chi connectivity index (χ0n) is 7.91. The third-order valence-corrected chi connectivity index (χ3v) is 2.93. The monoisotopic (exact) mass is 219 g/mol. The fraction of sp³-hybridized carbons (Fsp3) is 0.100. The van der Waals surface area contributed by atoms with Gasteiger partial charge in [0.05, 0.1) is 22.2 Å². The van der Waals surface area contributed by atoms with Crippen molar-refractivity contribution in [1.29, 1.82) is 0 Å². The Hall–Kier alpha value is -1.62. The Bertz CT molecular complexity index is 447. The van der Waals surface area contributed by atoms with E-state index in [0.29, 0.717) is 10.9 Å². The average Bonchev–Trinajstić information content (AvgIpc) is 2.31. The Kier molecular flexibility index (Phi) is 3.14. The van der Waals surface area contributed by atoms with E-state index in [0.717, 1.165) is 5.69 Å². The van der Waals surface area contributed by atoms with Gasteiger partial charge in [-0.2, -0.15) is 0 Å².